The van der Waals surface area contributed by atoms with Crippen molar-refractivity contribution in [1.82, 2.24) is 0 Å². The monoisotopic (exact) mass is 318 g/mol. The molecular weight excluding hydrogens is 303 g/mol. The van der Waals surface area contributed by atoms with Gasteiger partial charge in [0.1, 0.15) is 0 Å². The molecule has 0 spiro atoms. The molecule has 94 valence electrons. The lowest BCUT2D eigenvalue weighted by molar-refractivity contribution is 0.311. The third kappa shape index (κ3) is 3.93. The Balaban J connectivity index is 3.19. The van der Waals surface area contributed by atoms with Crippen molar-refractivity contribution in [3.63, 3.8) is 0 Å². The van der Waals surface area contributed by atoms with Gasteiger partial charge < -0.3 is 9.47 Å². The number of allylic oxidation sites excluding steroid dienone is 1. The van der Waals surface area contributed by atoms with E-state index in [1.807, 2.05) is 26.0 Å². The Kier molecular flexibility index (Phi) is 5.86. The molecule has 0 N–H and O–H groups in total. The summed E-state index contributed by atoms with van der Waals surface area (Å²) in [5, 5.41) is 1.40. The van der Waals surface area contributed by atoms with Crippen LogP contribution in [-0.4, -0.2) is 19.0 Å². The van der Waals surface area contributed by atoms with Gasteiger partial charge in [-0.2, -0.15) is 0 Å². The molecule has 0 aromatic heterocycles. The SMILES string of the molecule is CCOc1cc(C=C(C)CBr)cc(Cl)c1OC. The number of benzene rings is 1. The maximum atomic E-state index is 6.15. The molecule has 1 aromatic rings. The second kappa shape index (κ2) is 6.92. The average Bonchev–Trinajstić information content (AvgIpc) is 2.29. The first-order valence-corrected chi connectivity index (χ1v) is 6.85. The summed E-state index contributed by atoms with van der Waals surface area (Å²) >= 11 is 9.56. The maximum Gasteiger partial charge on any atom is 0.179 e. The minimum atomic E-state index is 0.562. The Morgan fingerprint density at radius 3 is 2.71 bits per heavy atom. The second-order valence-electron chi connectivity index (χ2n) is 3.59. The molecule has 0 unspecified atom stereocenters. The van der Waals surface area contributed by atoms with Gasteiger partial charge in [0.2, 0.25) is 0 Å². The van der Waals surface area contributed by atoms with Crippen molar-refractivity contribution in [3.05, 3.63) is 28.3 Å². The Morgan fingerprint density at radius 1 is 1.47 bits per heavy atom. The van der Waals surface area contributed by atoms with Crippen molar-refractivity contribution in [2.24, 2.45) is 0 Å². The van der Waals surface area contributed by atoms with Crippen LogP contribution < -0.4 is 9.47 Å². The fourth-order valence-corrected chi connectivity index (χ4v) is 1.91. The van der Waals surface area contributed by atoms with Gasteiger partial charge in [-0.25, -0.2) is 0 Å². The zero-order chi connectivity index (χ0) is 12.8. The van der Waals surface area contributed by atoms with E-state index in [1.165, 1.54) is 5.57 Å². The van der Waals surface area contributed by atoms with Crippen LogP contribution in [0.4, 0.5) is 0 Å². The first-order valence-electron chi connectivity index (χ1n) is 5.35. The van der Waals surface area contributed by atoms with Crippen LogP contribution in [0.2, 0.25) is 5.02 Å². The smallest absolute Gasteiger partial charge is 0.179 e. The molecule has 0 amide bonds. The van der Waals surface area contributed by atoms with E-state index < -0.39 is 0 Å². The first-order chi connectivity index (χ1) is 8.12. The molecule has 0 atom stereocenters. The number of hydrogen-bond acceptors (Lipinski definition) is 2. The quantitative estimate of drug-likeness (QED) is 0.742. The normalized spacial score (nSPS) is 11.5. The van der Waals surface area contributed by atoms with Crippen molar-refractivity contribution in [1.29, 1.82) is 0 Å². The van der Waals surface area contributed by atoms with Gasteiger partial charge in [0, 0.05) is 5.33 Å². The fourth-order valence-electron chi connectivity index (χ4n) is 1.46. The molecule has 2 nitrogen and oxygen atoms in total. The summed E-state index contributed by atoms with van der Waals surface area (Å²) in [6.07, 6.45) is 2.06. The van der Waals surface area contributed by atoms with Gasteiger partial charge in [-0.3, -0.25) is 0 Å². The highest BCUT2D eigenvalue weighted by atomic mass is 79.9. The largest absolute Gasteiger partial charge is 0.491 e. The van der Waals surface area contributed by atoms with Crippen LogP contribution in [0.5, 0.6) is 11.5 Å². The Labute approximate surface area is 116 Å². The summed E-state index contributed by atoms with van der Waals surface area (Å²) in [5.74, 6) is 1.26. The van der Waals surface area contributed by atoms with Gasteiger partial charge in [0.15, 0.2) is 11.5 Å². The number of rotatable bonds is 5. The maximum absolute atomic E-state index is 6.15. The van der Waals surface area contributed by atoms with Gasteiger partial charge in [-0.1, -0.05) is 39.2 Å². The van der Waals surface area contributed by atoms with Crippen molar-refractivity contribution in [2.75, 3.05) is 19.0 Å². The van der Waals surface area contributed by atoms with Crippen LogP contribution in [0.15, 0.2) is 17.7 Å². The summed E-state index contributed by atoms with van der Waals surface area (Å²) in [7, 11) is 1.59. The van der Waals surface area contributed by atoms with Crippen LogP contribution in [0.25, 0.3) is 6.08 Å². The molecule has 0 fully saturated rings. The van der Waals surface area contributed by atoms with Crippen LogP contribution in [0.3, 0.4) is 0 Å². The highest BCUT2D eigenvalue weighted by Gasteiger charge is 2.10. The summed E-state index contributed by atoms with van der Waals surface area (Å²) in [6.45, 7) is 4.56. The Bertz CT molecular complexity index is 416. The van der Waals surface area contributed by atoms with Gasteiger partial charge in [0.25, 0.3) is 0 Å². The van der Waals surface area contributed by atoms with Crippen LogP contribution in [0, 0.1) is 0 Å². The van der Waals surface area contributed by atoms with Gasteiger partial charge >= 0.3 is 0 Å². The Morgan fingerprint density at radius 2 is 2.18 bits per heavy atom. The predicted molar refractivity (Wildman–Crippen MR) is 76.6 cm³/mol. The standard InChI is InChI=1S/C13H16BrClO2/c1-4-17-12-7-10(5-9(2)8-14)6-11(15)13(12)16-3/h5-7H,4,8H2,1-3H3. The molecule has 17 heavy (non-hydrogen) atoms. The van der Waals surface area contributed by atoms with E-state index in [0.29, 0.717) is 23.1 Å². The third-order valence-corrected chi connectivity index (χ3v) is 3.32. The van der Waals surface area contributed by atoms with Crippen LogP contribution >= 0.6 is 27.5 Å². The minimum absolute atomic E-state index is 0.562. The molecule has 1 aromatic carbocycles. The summed E-state index contributed by atoms with van der Waals surface area (Å²) in [5.41, 5.74) is 2.23. The zero-order valence-corrected chi connectivity index (χ0v) is 12.6. The number of halogens is 2. The first kappa shape index (κ1) is 14.4. The summed E-state index contributed by atoms with van der Waals surface area (Å²) in [6, 6.07) is 3.80. The molecular formula is C13H16BrClO2. The van der Waals surface area contributed by atoms with E-state index in [9.17, 15) is 0 Å². The van der Waals surface area contributed by atoms with E-state index in [-0.39, 0.29) is 0 Å². The number of hydrogen-bond donors (Lipinski definition) is 0. The number of ether oxygens (including phenoxy) is 2. The van der Waals surface area contributed by atoms with Gasteiger partial charge in [-0.15, -0.1) is 0 Å². The molecule has 0 bridgehead atoms. The lowest BCUT2D eigenvalue weighted by Gasteiger charge is -2.12. The molecule has 0 heterocycles. The topological polar surface area (TPSA) is 18.5 Å². The lowest BCUT2D eigenvalue weighted by Crippen LogP contribution is -1.96. The lowest BCUT2D eigenvalue weighted by atomic mass is 10.1. The molecule has 0 saturated carbocycles. The van der Waals surface area contributed by atoms with Crippen molar-refractivity contribution < 1.29 is 9.47 Å². The van der Waals surface area contributed by atoms with Crippen LogP contribution in [-0.2, 0) is 0 Å². The van der Waals surface area contributed by atoms with E-state index in [4.69, 9.17) is 21.1 Å². The molecule has 0 aliphatic heterocycles. The molecule has 0 radical (unpaired) electrons. The molecule has 0 aliphatic rings. The highest BCUT2D eigenvalue weighted by molar-refractivity contribution is 9.09. The average molecular weight is 320 g/mol. The zero-order valence-electron chi connectivity index (χ0n) is 10.2. The fraction of sp³-hybridized carbons (Fsp3) is 0.385. The number of methoxy groups -OCH3 is 1. The van der Waals surface area contributed by atoms with Gasteiger partial charge in [0.05, 0.1) is 18.7 Å². The van der Waals surface area contributed by atoms with Crippen molar-refractivity contribution >= 4 is 33.6 Å². The molecule has 0 saturated heterocycles. The van der Waals surface area contributed by atoms with E-state index >= 15 is 0 Å². The van der Waals surface area contributed by atoms with E-state index in [2.05, 4.69) is 22.0 Å². The molecule has 0 aliphatic carbocycles. The minimum Gasteiger partial charge on any atom is -0.491 e. The number of alkyl halides is 1. The van der Waals surface area contributed by atoms with Crippen molar-refractivity contribution in [3.8, 4) is 11.5 Å². The van der Waals surface area contributed by atoms with Crippen LogP contribution in [0.1, 0.15) is 19.4 Å². The third-order valence-electron chi connectivity index (χ3n) is 2.16. The summed E-state index contributed by atoms with van der Waals surface area (Å²) in [4.78, 5) is 0. The molecule has 1 rings (SSSR count). The predicted octanol–water partition coefficient (Wildman–Crippen LogP) is 4.55. The Hall–Kier alpha value is -0.670. The van der Waals surface area contributed by atoms with E-state index in [0.717, 1.165) is 10.9 Å². The summed E-state index contributed by atoms with van der Waals surface area (Å²) < 4.78 is 10.7. The van der Waals surface area contributed by atoms with Gasteiger partial charge in [-0.05, 0) is 31.5 Å². The highest BCUT2D eigenvalue weighted by Crippen LogP contribution is 2.36. The van der Waals surface area contributed by atoms with Crippen molar-refractivity contribution in [2.45, 2.75) is 13.8 Å². The second-order valence-corrected chi connectivity index (χ2v) is 4.56. The molecule has 4 heteroatoms. The van der Waals surface area contributed by atoms with E-state index in [1.54, 1.807) is 7.11 Å².